The molecule has 4 nitrogen and oxygen atoms in total. The zero-order chi connectivity index (χ0) is 22.7. The van der Waals surface area contributed by atoms with E-state index in [1.165, 1.54) is 6.07 Å². The molecule has 0 aliphatic rings. The molecule has 0 aliphatic carbocycles. The Morgan fingerprint density at radius 2 is 1.75 bits per heavy atom. The molecular formula is C26H24ClFN2O2. The molecule has 0 radical (unpaired) electrons. The second-order valence-corrected chi connectivity index (χ2v) is 8.05. The van der Waals surface area contributed by atoms with Crippen LogP contribution in [0.5, 0.6) is 11.5 Å². The van der Waals surface area contributed by atoms with Crippen LogP contribution in [0.3, 0.4) is 0 Å². The lowest BCUT2D eigenvalue weighted by Crippen LogP contribution is -2.05. The number of fused-ring (bicyclic) bond motifs is 1. The van der Waals surface area contributed by atoms with Crippen LogP contribution in [-0.2, 0) is 13.0 Å². The van der Waals surface area contributed by atoms with Crippen LogP contribution in [0.1, 0.15) is 22.4 Å². The van der Waals surface area contributed by atoms with Crippen LogP contribution in [0.15, 0.2) is 60.8 Å². The first-order valence-electron chi connectivity index (χ1n) is 10.3. The topological polar surface area (TPSA) is 43.4 Å². The van der Waals surface area contributed by atoms with Crippen molar-refractivity contribution < 1.29 is 13.9 Å². The summed E-state index contributed by atoms with van der Waals surface area (Å²) in [6, 6.07) is 16.7. The molecule has 0 saturated heterocycles. The fourth-order valence-corrected chi connectivity index (χ4v) is 3.89. The number of nitrogens with zero attached hydrogens (tertiary/aromatic N) is 1. The average molecular weight is 451 g/mol. The van der Waals surface area contributed by atoms with Crippen molar-refractivity contribution in [2.75, 3.05) is 19.5 Å². The quantitative estimate of drug-likeness (QED) is 0.346. The van der Waals surface area contributed by atoms with Crippen molar-refractivity contribution >= 4 is 28.1 Å². The minimum atomic E-state index is -0.326. The fraction of sp³-hybridized carbons (Fsp3) is 0.192. The summed E-state index contributed by atoms with van der Waals surface area (Å²) in [4.78, 5) is 4.66. The van der Waals surface area contributed by atoms with E-state index in [1.807, 2.05) is 30.3 Å². The number of ether oxygens (including phenoxy) is 2. The number of anilines is 1. The number of benzene rings is 3. The van der Waals surface area contributed by atoms with Crippen LogP contribution < -0.4 is 14.8 Å². The molecule has 4 aromatic rings. The zero-order valence-corrected chi connectivity index (χ0v) is 19.0. The van der Waals surface area contributed by atoms with Crippen LogP contribution in [0.2, 0.25) is 5.02 Å². The summed E-state index contributed by atoms with van der Waals surface area (Å²) in [5, 5.41) is 5.88. The van der Waals surface area contributed by atoms with E-state index >= 15 is 0 Å². The SMILES string of the molecule is COc1ccc(CNc2cnc(Cc3ccc(Cl)cc3F)c3ccc(C)cc23)c(OC)c1. The molecule has 0 amide bonds. The van der Waals surface area contributed by atoms with Crippen molar-refractivity contribution in [1.82, 2.24) is 4.98 Å². The molecule has 1 heterocycles. The zero-order valence-electron chi connectivity index (χ0n) is 18.2. The van der Waals surface area contributed by atoms with Crippen LogP contribution in [0.4, 0.5) is 10.1 Å². The van der Waals surface area contributed by atoms with Gasteiger partial charge in [0, 0.05) is 40.4 Å². The normalized spacial score (nSPS) is 10.9. The molecule has 1 aromatic heterocycles. The molecule has 6 heteroatoms. The second-order valence-electron chi connectivity index (χ2n) is 7.61. The van der Waals surface area contributed by atoms with E-state index in [4.69, 9.17) is 21.1 Å². The lowest BCUT2D eigenvalue weighted by molar-refractivity contribution is 0.391. The highest BCUT2D eigenvalue weighted by molar-refractivity contribution is 6.30. The van der Waals surface area contributed by atoms with Gasteiger partial charge in [0.1, 0.15) is 17.3 Å². The van der Waals surface area contributed by atoms with Crippen LogP contribution in [0.25, 0.3) is 10.8 Å². The van der Waals surface area contributed by atoms with E-state index in [0.29, 0.717) is 23.6 Å². The van der Waals surface area contributed by atoms with Gasteiger partial charge in [-0.25, -0.2) is 4.39 Å². The number of methoxy groups -OCH3 is 2. The minimum absolute atomic E-state index is 0.326. The summed E-state index contributed by atoms with van der Waals surface area (Å²) < 4.78 is 25.2. The van der Waals surface area contributed by atoms with Gasteiger partial charge in [-0.1, -0.05) is 35.4 Å². The number of hydrogen-bond donors (Lipinski definition) is 1. The number of hydrogen-bond acceptors (Lipinski definition) is 4. The number of halogens is 2. The first kappa shape index (κ1) is 21.9. The largest absolute Gasteiger partial charge is 0.497 e. The first-order valence-corrected chi connectivity index (χ1v) is 10.6. The Bertz CT molecular complexity index is 1280. The lowest BCUT2D eigenvalue weighted by atomic mass is 10.0. The standard InChI is InChI=1S/C26H24ClFN2O2/c1-16-4-9-21-22(10-16)25(29-14-18-6-8-20(31-2)13-26(18)32-3)15-30-24(21)11-17-5-7-19(27)12-23(17)28/h4-10,12-13,15,29H,11,14H2,1-3H3. The van der Waals surface area contributed by atoms with Crippen LogP contribution in [0, 0.1) is 12.7 Å². The number of aromatic nitrogens is 1. The molecule has 0 saturated carbocycles. The van der Waals surface area contributed by atoms with Gasteiger partial charge < -0.3 is 14.8 Å². The second kappa shape index (κ2) is 9.45. The van der Waals surface area contributed by atoms with Crippen LogP contribution >= 0.6 is 11.6 Å². The van der Waals surface area contributed by atoms with Crippen molar-refractivity contribution in [2.45, 2.75) is 19.9 Å². The molecule has 0 fully saturated rings. The lowest BCUT2D eigenvalue weighted by Gasteiger charge is -2.15. The van der Waals surface area contributed by atoms with Gasteiger partial charge in [0.05, 0.1) is 31.8 Å². The predicted octanol–water partition coefficient (Wildman–Crippen LogP) is 6.56. The Morgan fingerprint density at radius 3 is 2.50 bits per heavy atom. The third kappa shape index (κ3) is 4.63. The maximum absolute atomic E-state index is 14.4. The number of nitrogens with one attached hydrogen (secondary N) is 1. The van der Waals surface area contributed by atoms with Gasteiger partial charge in [0.25, 0.3) is 0 Å². The highest BCUT2D eigenvalue weighted by Gasteiger charge is 2.12. The smallest absolute Gasteiger partial charge is 0.128 e. The van der Waals surface area contributed by atoms with Gasteiger partial charge in [-0.2, -0.15) is 0 Å². The Hall–Kier alpha value is -3.31. The Morgan fingerprint density at radius 1 is 0.938 bits per heavy atom. The maximum Gasteiger partial charge on any atom is 0.128 e. The number of rotatable bonds is 7. The summed E-state index contributed by atoms with van der Waals surface area (Å²) in [6.45, 7) is 2.61. The molecular weight excluding hydrogens is 427 g/mol. The fourth-order valence-electron chi connectivity index (χ4n) is 3.73. The van der Waals surface area contributed by atoms with Crippen molar-refractivity contribution in [1.29, 1.82) is 0 Å². The molecule has 4 rings (SSSR count). The van der Waals surface area contributed by atoms with E-state index in [-0.39, 0.29) is 5.82 Å². The van der Waals surface area contributed by atoms with E-state index in [1.54, 1.807) is 32.5 Å². The van der Waals surface area contributed by atoms with Gasteiger partial charge in [-0.3, -0.25) is 4.98 Å². The van der Waals surface area contributed by atoms with E-state index in [2.05, 4.69) is 23.3 Å². The summed E-state index contributed by atoms with van der Waals surface area (Å²) in [7, 11) is 3.27. The van der Waals surface area contributed by atoms with Gasteiger partial charge in [0.2, 0.25) is 0 Å². The maximum atomic E-state index is 14.4. The third-order valence-electron chi connectivity index (χ3n) is 5.46. The van der Waals surface area contributed by atoms with Crippen LogP contribution in [-0.4, -0.2) is 19.2 Å². The highest BCUT2D eigenvalue weighted by atomic mass is 35.5. The van der Waals surface area contributed by atoms with E-state index in [0.717, 1.165) is 44.8 Å². The monoisotopic (exact) mass is 450 g/mol. The molecule has 0 aliphatic heterocycles. The van der Waals surface area contributed by atoms with Gasteiger partial charge in [0.15, 0.2) is 0 Å². The first-order chi connectivity index (χ1) is 15.5. The van der Waals surface area contributed by atoms with Crippen molar-refractivity contribution in [3.8, 4) is 11.5 Å². The van der Waals surface area contributed by atoms with Crippen molar-refractivity contribution in [2.24, 2.45) is 0 Å². The Labute approximate surface area is 192 Å². The molecule has 3 aromatic carbocycles. The summed E-state index contributed by atoms with van der Waals surface area (Å²) in [5.74, 6) is 1.17. The predicted molar refractivity (Wildman–Crippen MR) is 128 cm³/mol. The van der Waals surface area contributed by atoms with Crippen molar-refractivity contribution in [3.05, 3.63) is 94.0 Å². The summed E-state index contributed by atoms with van der Waals surface area (Å²) in [6.07, 6.45) is 2.19. The summed E-state index contributed by atoms with van der Waals surface area (Å²) >= 11 is 5.90. The Balaban J connectivity index is 1.66. The third-order valence-corrected chi connectivity index (χ3v) is 5.70. The summed E-state index contributed by atoms with van der Waals surface area (Å²) in [5.41, 5.74) is 4.42. The molecule has 32 heavy (non-hydrogen) atoms. The van der Waals surface area contributed by atoms with Crippen molar-refractivity contribution in [3.63, 3.8) is 0 Å². The molecule has 164 valence electrons. The molecule has 0 unspecified atom stereocenters. The van der Waals surface area contributed by atoms with E-state index in [9.17, 15) is 4.39 Å². The highest BCUT2D eigenvalue weighted by Crippen LogP contribution is 2.30. The number of aryl methyl sites for hydroxylation is 1. The van der Waals surface area contributed by atoms with Gasteiger partial charge in [-0.15, -0.1) is 0 Å². The molecule has 1 N–H and O–H groups in total. The minimum Gasteiger partial charge on any atom is -0.497 e. The van der Waals surface area contributed by atoms with E-state index < -0.39 is 0 Å². The van der Waals surface area contributed by atoms with Gasteiger partial charge >= 0.3 is 0 Å². The molecule has 0 bridgehead atoms. The average Bonchev–Trinajstić information content (AvgIpc) is 2.80. The Kier molecular flexibility index (Phi) is 6.47. The number of pyridine rings is 1. The van der Waals surface area contributed by atoms with Gasteiger partial charge in [-0.05, 0) is 42.8 Å². The molecule has 0 atom stereocenters. The molecule has 0 spiro atoms.